The Hall–Kier alpha value is -1.24. The molecule has 1 heterocycles. The van der Waals surface area contributed by atoms with Crippen LogP contribution in [-0.2, 0) is 29.3 Å². The number of anilines is 1. The van der Waals surface area contributed by atoms with Crippen LogP contribution in [0.4, 0.5) is 5.69 Å². The Morgan fingerprint density at radius 2 is 1.84 bits per heavy atom. The smallest absolute Gasteiger partial charge is 0.290 e. The van der Waals surface area contributed by atoms with E-state index in [0.29, 0.717) is 18.9 Å². The molecule has 0 saturated heterocycles. The van der Waals surface area contributed by atoms with E-state index in [1.165, 1.54) is 4.68 Å². The van der Waals surface area contributed by atoms with E-state index in [1.54, 1.807) is 4.68 Å². The second-order valence-corrected chi connectivity index (χ2v) is 7.49. The number of nitrogen functional groups attached to an aromatic ring is 1. The Kier molecular flexibility index (Phi) is 4.84. The molecule has 2 N–H and O–H groups in total. The molecule has 110 valence electrons. The number of hydrogen-bond donors (Lipinski definition) is 1. The summed E-state index contributed by atoms with van der Waals surface area (Å²) in [6.45, 7) is 6.77. The average Bonchev–Trinajstić information content (AvgIpc) is 2.49. The van der Waals surface area contributed by atoms with Crippen LogP contribution in [0, 0.1) is 5.92 Å². The van der Waals surface area contributed by atoms with Gasteiger partial charge in [-0.15, -0.1) is 0 Å². The van der Waals surface area contributed by atoms with Gasteiger partial charge in [-0.1, -0.05) is 13.8 Å². The second kappa shape index (κ2) is 5.81. The highest BCUT2D eigenvalue weighted by Gasteiger charge is 2.18. The normalized spacial score (nSPS) is 12.3. The largest absolute Gasteiger partial charge is 0.393 e. The summed E-state index contributed by atoms with van der Waals surface area (Å²) in [7, 11) is -3.10. The molecule has 1 rings (SSSR count). The van der Waals surface area contributed by atoms with Gasteiger partial charge in [-0.05, 0) is 19.3 Å². The summed E-state index contributed by atoms with van der Waals surface area (Å²) >= 11 is 0. The lowest BCUT2D eigenvalue weighted by molar-refractivity contribution is 0.449. The standard InChI is InChI=1S/C12H23N3O3S/c1-5-14-10(8-9(2)3)11(13)12(16)15(14)6-7-19(4,17)18/h9H,5-8,13H2,1-4H3. The fraction of sp³-hybridized carbons (Fsp3) is 0.750. The van der Waals surface area contributed by atoms with Crippen molar-refractivity contribution >= 4 is 15.5 Å². The summed E-state index contributed by atoms with van der Waals surface area (Å²) in [5.74, 6) is 0.322. The van der Waals surface area contributed by atoms with Gasteiger partial charge in [-0.25, -0.2) is 13.1 Å². The van der Waals surface area contributed by atoms with E-state index in [1.807, 2.05) is 6.92 Å². The molecule has 0 fully saturated rings. The highest BCUT2D eigenvalue weighted by Crippen LogP contribution is 2.14. The Labute approximate surface area is 114 Å². The van der Waals surface area contributed by atoms with Crippen molar-refractivity contribution in [3.63, 3.8) is 0 Å². The van der Waals surface area contributed by atoms with E-state index in [0.717, 1.165) is 11.9 Å². The molecular formula is C12H23N3O3S. The van der Waals surface area contributed by atoms with Crippen molar-refractivity contribution in [2.75, 3.05) is 17.7 Å². The van der Waals surface area contributed by atoms with Crippen molar-refractivity contribution < 1.29 is 8.42 Å². The minimum atomic E-state index is -3.10. The first-order valence-electron chi connectivity index (χ1n) is 6.43. The summed E-state index contributed by atoms with van der Waals surface area (Å²) in [4.78, 5) is 12.1. The van der Waals surface area contributed by atoms with Crippen LogP contribution in [0.3, 0.4) is 0 Å². The first-order chi connectivity index (χ1) is 8.67. The van der Waals surface area contributed by atoms with Gasteiger partial charge < -0.3 is 5.73 Å². The highest BCUT2D eigenvalue weighted by atomic mass is 32.2. The average molecular weight is 289 g/mol. The van der Waals surface area contributed by atoms with Gasteiger partial charge in [-0.2, -0.15) is 0 Å². The predicted octanol–water partition coefficient (Wildman–Crippen LogP) is 0.495. The zero-order valence-corrected chi connectivity index (χ0v) is 12.8. The maximum Gasteiger partial charge on any atom is 0.290 e. The van der Waals surface area contributed by atoms with E-state index in [2.05, 4.69) is 13.8 Å². The highest BCUT2D eigenvalue weighted by molar-refractivity contribution is 7.90. The predicted molar refractivity (Wildman–Crippen MR) is 77.0 cm³/mol. The molecule has 0 aliphatic carbocycles. The van der Waals surface area contributed by atoms with Gasteiger partial charge in [0.05, 0.1) is 18.0 Å². The molecule has 1 aromatic rings. The Balaban J connectivity index is 3.21. The summed E-state index contributed by atoms with van der Waals surface area (Å²) < 4.78 is 25.7. The number of nitrogens with two attached hydrogens (primary N) is 1. The van der Waals surface area contributed by atoms with E-state index >= 15 is 0 Å². The van der Waals surface area contributed by atoms with Crippen LogP contribution < -0.4 is 11.3 Å². The zero-order valence-electron chi connectivity index (χ0n) is 12.0. The maximum atomic E-state index is 12.1. The second-order valence-electron chi connectivity index (χ2n) is 5.23. The number of hydrogen-bond acceptors (Lipinski definition) is 4. The van der Waals surface area contributed by atoms with Crippen molar-refractivity contribution in [1.82, 2.24) is 9.36 Å². The van der Waals surface area contributed by atoms with Crippen molar-refractivity contribution in [3.05, 3.63) is 16.0 Å². The van der Waals surface area contributed by atoms with Crippen LogP contribution in [0.5, 0.6) is 0 Å². The van der Waals surface area contributed by atoms with Gasteiger partial charge >= 0.3 is 0 Å². The SMILES string of the molecule is CCn1c(CC(C)C)c(N)c(=O)n1CCS(C)(=O)=O. The third kappa shape index (κ3) is 3.86. The molecule has 1 aromatic heterocycles. The molecule has 0 bridgehead atoms. The number of aromatic nitrogens is 2. The first-order valence-corrected chi connectivity index (χ1v) is 8.49. The molecule has 0 aromatic carbocycles. The fourth-order valence-electron chi connectivity index (χ4n) is 2.10. The fourth-order valence-corrected chi connectivity index (χ4v) is 2.60. The summed E-state index contributed by atoms with van der Waals surface area (Å²) in [5, 5.41) is 0. The molecule has 7 heteroatoms. The Bertz CT molecular complexity index is 596. The molecule has 6 nitrogen and oxygen atoms in total. The van der Waals surface area contributed by atoms with Gasteiger partial charge in [0.25, 0.3) is 5.56 Å². The molecule has 0 unspecified atom stereocenters. The first kappa shape index (κ1) is 15.8. The van der Waals surface area contributed by atoms with E-state index in [4.69, 9.17) is 5.73 Å². The third-order valence-electron chi connectivity index (χ3n) is 2.95. The Morgan fingerprint density at radius 1 is 1.26 bits per heavy atom. The summed E-state index contributed by atoms with van der Waals surface area (Å²) in [5.41, 5.74) is 6.61. The molecule has 0 saturated carbocycles. The van der Waals surface area contributed by atoms with Crippen LogP contribution in [0.25, 0.3) is 0 Å². The molecule has 0 aliphatic rings. The van der Waals surface area contributed by atoms with Gasteiger partial charge in [0.1, 0.15) is 15.5 Å². The molecule has 19 heavy (non-hydrogen) atoms. The molecule has 0 aliphatic heterocycles. The van der Waals surface area contributed by atoms with Crippen molar-refractivity contribution in [1.29, 1.82) is 0 Å². The van der Waals surface area contributed by atoms with Crippen LogP contribution in [-0.4, -0.2) is 29.8 Å². The van der Waals surface area contributed by atoms with Crippen molar-refractivity contribution in [3.8, 4) is 0 Å². The van der Waals surface area contributed by atoms with E-state index in [-0.39, 0.29) is 23.5 Å². The van der Waals surface area contributed by atoms with Crippen LogP contribution in [0.1, 0.15) is 26.5 Å². The minimum Gasteiger partial charge on any atom is -0.393 e. The summed E-state index contributed by atoms with van der Waals surface area (Å²) in [6, 6.07) is 0. The monoisotopic (exact) mass is 289 g/mol. The van der Waals surface area contributed by atoms with E-state index < -0.39 is 9.84 Å². The molecular weight excluding hydrogens is 266 g/mol. The van der Waals surface area contributed by atoms with Crippen LogP contribution >= 0.6 is 0 Å². The van der Waals surface area contributed by atoms with E-state index in [9.17, 15) is 13.2 Å². The minimum absolute atomic E-state index is 0.0581. The van der Waals surface area contributed by atoms with Gasteiger partial charge in [-0.3, -0.25) is 9.48 Å². The van der Waals surface area contributed by atoms with Gasteiger partial charge in [0.2, 0.25) is 0 Å². The van der Waals surface area contributed by atoms with Crippen molar-refractivity contribution in [2.45, 2.75) is 40.3 Å². The van der Waals surface area contributed by atoms with Crippen molar-refractivity contribution in [2.24, 2.45) is 5.92 Å². The molecule has 0 amide bonds. The third-order valence-corrected chi connectivity index (χ3v) is 3.88. The van der Waals surface area contributed by atoms with Crippen LogP contribution in [0.2, 0.25) is 0 Å². The number of rotatable bonds is 6. The summed E-state index contributed by atoms with van der Waals surface area (Å²) in [6.07, 6.45) is 1.87. The molecule has 0 spiro atoms. The zero-order chi connectivity index (χ0) is 14.8. The van der Waals surface area contributed by atoms with Gasteiger partial charge in [0.15, 0.2) is 0 Å². The topological polar surface area (TPSA) is 87.1 Å². The maximum absolute atomic E-state index is 12.1. The molecule has 0 atom stereocenters. The lowest BCUT2D eigenvalue weighted by Crippen LogP contribution is -2.27. The molecule has 0 radical (unpaired) electrons. The number of sulfone groups is 1. The Morgan fingerprint density at radius 3 is 2.26 bits per heavy atom. The lowest BCUT2D eigenvalue weighted by atomic mass is 10.1. The van der Waals surface area contributed by atoms with Crippen LogP contribution in [0.15, 0.2) is 4.79 Å². The van der Waals surface area contributed by atoms with Gasteiger partial charge in [0, 0.05) is 12.8 Å². The lowest BCUT2D eigenvalue weighted by Gasteiger charge is -2.13. The quantitative estimate of drug-likeness (QED) is 0.826. The number of nitrogens with zero attached hydrogens (tertiary/aromatic N) is 2.